The third kappa shape index (κ3) is 3.33. The van der Waals surface area contributed by atoms with Crippen molar-refractivity contribution in [2.24, 2.45) is 34.5 Å². The second kappa shape index (κ2) is 7.74. The summed E-state index contributed by atoms with van der Waals surface area (Å²) in [5.74, 6) is 2.85. The van der Waals surface area contributed by atoms with Gasteiger partial charge in [0.15, 0.2) is 0 Å². The molecule has 0 radical (unpaired) electrons. The summed E-state index contributed by atoms with van der Waals surface area (Å²) in [5.41, 5.74) is 2.46. The fourth-order valence-corrected chi connectivity index (χ4v) is 8.26. The summed E-state index contributed by atoms with van der Waals surface area (Å²) in [6.07, 6.45) is 11.9. The number of nitrogens with zero attached hydrogens (tertiary/aromatic N) is 1. The molecule has 5 rings (SSSR count). The molecule has 3 fully saturated rings. The number of nitrogens with one attached hydrogen (secondary N) is 1. The largest absolute Gasteiger partial charge is 0.338 e. The molecule has 0 spiro atoms. The van der Waals surface area contributed by atoms with E-state index in [0.717, 1.165) is 12.1 Å². The van der Waals surface area contributed by atoms with Crippen LogP contribution in [0.3, 0.4) is 0 Å². The molecule has 7 atom stereocenters. The maximum absolute atomic E-state index is 12.9. The molecule has 1 N–H and O–H groups in total. The number of amides is 2. The molecule has 1 aromatic rings. The van der Waals surface area contributed by atoms with Gasteiger partial charge in [-0.15, -0.1) is 0 Å². The molecule has 1 aliphatic heterocycles. The molecule has 4 aliphatic rings. The van der Waals surface area contributed by atoms with E-state index >= 15 is 0 Å². The van der Waals surface area contributed by atoms with Crippen LogP contribution in [0.1, 0.15) is 64.4 Å². The lowest BCUT2D eigenvalue weighted by atomic mass is 9.47. The molecular weight excluding hydrogens is 396 g/mol. The highest BCUT2D eigenvalue weighted by Crippen LogP contribution is 2.65. The number of fused-ring (bicyclic) bond motifs is 5. The van der Waals surface area contributed by atoms with Gasteiger partial charge in [0.2, 0.25) is 11.8 Å². The molecule has 3 saturated carbocycles. The van der Waals surface area contributed by atoms with Crippen LogP contribution in [-0.2, 0) is 9.59 Å². The molecule has 3 aliphatic carbocycles. The number of carbonyl (C=O) groups is 2. The van der Waals surface area contributed by atoms with E-state index in [1.807, 2.05) is 42.3 Å². The first kappa shape index (κ1) is 21.7. The summed E-state index contributed by atoms with van der Waals surface area (Å²) >= 11 is 0. The van der Waals surface area contributed by atoms with Gasteiger partial charge in [0.05, 0.1) is 0 Å². The molecule has 0 aromatic heterocycles. The zero-order valence-corrected chi connectivity index (χ0v) is 20.1. The van der Waals surface area contributed by atoms with Gasteiger partial charge in [-0.3, -0.25) is 9.59 Å². The Bertz CT molecular complexity index is 937. The highest BCUT2D eigenvalue weighted by Gasteiger charge is 2.60. The van der Waals surface area contributed by atoms with E-state index in [1.165, 1.54) is 37.7 Å². The molecule has 1 aromatic carbocycles. The van der Waals surface area contributed by atoms with Gasteiger partial charge in [-0.2, -0.15) is 0 Å². The number of aryl methyl sites for hydroxylation is 1. The maximum Gasteiger partial charge on any atom is 0.246 e. The first-order valence-electron chi connectivity index (χ1n) is 12.5. The summed E-state index contributed by atoms with van der Waals surface area (Å²) < 4.78 is 0. The van der Waals surface area contributed by atoms with Crippen molar-refractivity contribution in [2.45, 2.75) is 71.8 Å². The highest BCUT2D eigenvalue weighted by atomic mass is 16.2. The Hall–Kier alpha value is -2.10. The lowest BCUT2D eigenvalue weighted by Gasteiger charge is -2.60. The van der Waals surface area contributed by atoms with Crippen molar-refractivity contribution in [3.05, 3.63) is 42.0 Å². The summed E-state index contributed by atoms with van der Waals surface area (Å²) in [4.78, 5) is 27.2. The summed E-state index contributed by atoms with van der Waals surface area (Å²) in [6, 6.07) is 8.42. The molecule has 2 amide bonds. The Kier molecular flexibility index (Phi) is 5.26. The van der Waals surface area contributed by atoms with E-state index in [9.17, 15) is 9.59 Å². The van der Waals surface area contributed by atoms with Crippen LogP contribution in [0.4, 0.5) is 5.69 Å². The van der Waals surface area contributed by atoms with Gasteiger partial charge >= 0.3 is 0 Å². The average Bonchev–Trinajstić information content (AvgIpc) is 3.09. The number of benzene rings is 1. The smallest absolute Gasteiger partial charge is 0.246 e. The fraction of sp³-hybridized carbons (Fsp3) is 0.643. The van der Waals surface area contributed by atoms with Crippen LogP contribution in [0.15, 0.2) is 36.4 Å². The standard InChI is InChI=1S/C28H38N2O2/c1-18-5-8-20(9-6-18)29-25(31)17-19-7-11-22-21-10-12-24-28(3,16-14-26(32)30(24)4)23(21)13-15-27(19,22)2/h5-6,8-9,14,16,19,21-24H,7,10-13,15,17H2,1-4H3,(H,29,31)/t19-,21+,22+,23+,24-,27-,28-/m1/s1. The van der Waals surface area contributed by atoms with Gasteiger partial charge in [0, 0.05) is 30.6 Å². The van der Waals surface area contributed by atoms with Crippen molar-refractivity contribution in [1.29, 1.82) is 0 Å². The molecule has 0 bridgehead atoms. The van der Waals surface area contributed by atoms with Crippen LogP contribution in [0.2, 0.25) is 0 Å². The van der Waals surface area contributed by atoms with Crippen LogP contribution in [-0.4, -0.2) is 29.8 Å². The third-order valence-corrected chi connectivity index (χ3v) is 10.1. The normalized spacial score (nSPS) is 40.4. The topological polar surface area (TPSA) is 49.4 Å². The minimum Gasteiger partial charge on any atom is -0.338 e. The SMILES string of the molecule is Cc1ccc(NC(=O)C[C@H]2CC[C@H]3[C@@H]4CC[C@H]5N(C)C(=O)C=C[C@]5(C)[C@H]4CC[C@]23C)cc1. The number of likely N-dealkylation sites (N-methyl/N-ethyl adjacent to an activating group) is 1. The molecule has 172 valence electrons. The number of carbonyl (C=O) groups excluding carboxylic acids is 2. The summed E-state index contributed by atoms with van der Waals surface area (Å²) in [6.45, 7) is 6.94. The minimum atomic E-state index is 0.0911. The van der Waals surface area contributed by atoms with Crippen molar-refractivity contribution < 1.29 is 9.59 Å². The van der Waals surface area contributed by atoms with Crippen LogP contribution in [0, 0.1) is 41.4 Å². The van der Waals surface area contributed by atoms with E-state index in [2.05, 4.69) is 32.2 Å². The Labute approximate surface area is 192 Å². The Morgan fingerprint density at radius 1 is 1.06 bits per heavy atom. The zero-order valence-electron chi connectivity index (χ0n) is 20.1. The zero-order chi connectivity index (χ0) is 22.7. The summed E-state index contributed by atoms with van der Waals surface area (Å²) in [5, 5.41) is 3.13. The highest BCUT2D eigenvalue weighted by molar-refractivity contribution is 5.91. The summed E-state index contributed by atoms with van der Waals surface area (Å²) in [7, 11) is 1.99. The fourth-order valence-electron chi connectivity index (χ4n) is 8.26. The lowest BCUT2D eigenvalue weighted by molar-refractivity contribution is -0.139. The molecule has 4 nitrogen and oxygen atoms in total. The molecule has 1 heterocycles. The quantitative estimate of drug-likeness (QED) is 0.675. The van der Waals surface area contributed by atoms with Crippen molar-refractivity contribution in [1.82, 2.24) is 4.90 Å². The molecular formula is C28H38N2O2. The first-order valence-corrected chi connectivity index (χ1v) is 12.5. The van der Waals surface area contributed by atoms with Crippen molar-refractivity contribution in [2.75, 3.05) is 12.4 Å². The number of hydrogen-bond donors (Lipinski definition) is 1. The lowest BCUT2D eigenvalue weighted by Crippen LogP contribution is -2.59. The van der Waals surface area contributed by atoms with Crippen molar-refractivity contribution >= 4 is 17.5 Å². The van der Waals surface area contributed by atoms with Crippen LogP contribution in [0.5, 0.6) is 0 Å². The van der Waals surface area contributed by atoms with Crippen LogP contribution in [0.25, 0.3) is 0 Å². The van der Waals surface area contributed by atoms with Crippen molar-refractivity contribution in [3.63, 3.8) is 0 Å². The van der Waals surface area contributed by atoms with E-state index in [1.54, 1.807) is 0 Å². The number of anilines is 1. The predicted octanol–water partition coefficient (Wildman–Crippen LogP) is 5.58. The van der Waals surface area contributed by atoms with E-state index < -0.39 is 0 Å². The Balaban J connectivity index is 1.31. The molecule has 0 saturated heterocycles. The van der Waals surface area contributed by atoms with Gasteiger partial charge in [-0.25, -0.2) is 0 Å². The molecule has 32 heavy (non-hydrogen) atoms. The van der Waals surface area contributed by atoms with E-state index in [0.29, 0.717) is 36.1 Å². The second-order valence-corrected chi connectivity index (χ2v) is 11.6. The Morgan fingerprint density at radius 2 is 1.81 bits per heavy atom. The average molecular weight is 435 g/mol. The second-order valence-electron chi connectivity index (χ2n) is 11.6. The van der Waals surface area contributed by atoms with Crippen LogP contribution >= 0.6 is 0 Å². The van der Waals surface area contributed by atoms with Gasteiger partial charge in [0.1, 0.15) is 0 Å². The van der Waals surface area contributed by atoms with Crippen LogP contribution < -0.4 is 5.32 Å². The Morgan fingerprint density at radius 3 is 2.56 bits per heavy atom. The maximum atomic E-state index is 12.9. The van der Waals surface area contributed by atoms with Gasteiger partial charge in [-0.05, 0) is 92.7 Å². The van der Waals surface area contributed by atoms with E-state index in [-0.39, 0.29) is 22.6 Å². The third-order valence-electron chi connectivity index (χ3n) is 10.1. The molecule has 0 unspecified atom stereocenters. The van der Waals surface area contributed by atoms with Gasteiger partial charge < -0.3 is 10.2 Å². The monoisotopic (exact) mass is 434 g/mol. The molecule has 4 heteroatoms. The van der Waals surface area contributed by atoms with Gasteiger partial charge in [0.25, 0.3) is 0 Å². The number of hydrogen-bond acceptors (Lipinski definition) is 2. The minimum absolute atomic E-state index is 0.0911. The van der Waals surface area contributed by atoms with Gasteiger partial charge in [-0.1, -0.05) is 37.6 Å². The predicted molar refractivity (Wildman–Crippen MR) is 128 cm³/mol. The van der Waals surface area contributed by atoms with Crippen molar-refractivity contribution in [3.8, 4) is 0 Å². The first-order chi connectivity index (χ1) is 15.2. The number of rotatable bonds is 3. The van der Waals surface area contributed by atoms with E-state index in [4.69, 9.17) is 0 Å².